The fourth-order valence-corrected chi connectivity index (χ4v) is 2.54. The second-order valence-corrected chi connectivity index (χ2v) is 4.74. The number of rotatable bonds is 1. The van der Waals surface area contributed by atoms with E-state index in [2.05, 4.69) is 27.2 Å². The fourth-order valence-electron chi connectivity index (χ4n) is 1.98. The molecule has 2 aromatic heterocycles. The van der Waals surface area contributed by atoms with E-state index in [1.807, 2.05) is 11.7 Å². The zero-order chi connectivity index (χ0) is 11.0. The topological polar surface area (TPSA) is 50.7 Å². The quantitative estimate of drug-likeness (QED) is 0.810. The SMILES string of the molecule is Cc1nc(-c2cncs2)nc2c1CCNC2. The molecule has 0 saturated heterocycles. The summed E-state index contributed by atoms with van der Waals surface area (Å²) in [5.74, 6) is 0.808. The highest BCUT2D eigenvalue weighted by Gasteiger charge is 2.16. The van der Waals surface area contributed by atoms with Crippen molar-refractivity contribution in [1.29, 1.82) is 0 Å². The lowest BCUT2D eigenvalue weighted by Gasteiger charge is -2.18. The first-order valence-electron chi connectivity index (χ1n) is 5.30. The Bertz CT molecular complexity index is 507. The predicted molar refractivity (Wildman–Crippen MR) is 63.3 cm³/mol. The van der Waals surface area contributed by atoms with Gasteiger partial charge in [0.05, 0.1) is 16.1 Å². The van der Waals surface area contributed by atoms with Crippen LogP contribution in [0.2, 0.25) is 0 Å². The molecule has 0 unspecified atom stereocenters. The molecule has 0 amide bonds. The van der Waals surface area contributed by atoms with Gasteiger partial charge in [-0.3, -0.25) is 4.98 Å². The van der Waals surface area contributed by atoms with Gasteiger partial charge >= 0.3 is 0 Å². The molecule has 3 rings (SSSR count). The van der Waals surface area contributed by atoms with E-state index in [1.54, 1.807) is 11.3 Å². The van der Waals surface area contributed by atoms with Gasteiger partial charge in [0.25, 0.3) is 0 Å². The van der Waals surface area contributed by atoms with Gasteiger partial charge in [0.15, 0.2) is 5.82 Å². The number of thiazole rings is 1. The lowest BCUT2D eigenvalue weighted by molar-refractivity contribution is 0.620. The Balaban J connectivity index is 2.12. The molecule has 82 valence electrons. The van der Waals surface area contributed by atoms with Crippen molar-refractivity contribution in [2.75, 3.05) is 6.54 Å². The molecule has 4 nitrogen and oxygen atoms in total. The number of hydrogen-bond donors (Lipinski definition) is 1. The lowest BCUT2D eigenvalue weighted by atomic mass is 10.1. The Hall–Kier alpha value is -1.33. The Morgan fingerprint density at radius 2 is 2.31 bits per heavy atom. The summed E-state index contributed by atoms with van der Waals surface area (Å²) in [5, 5.41) is 3.34. The number of nitrogens with one attached hydrogen (secondary N) is 1. The molecule has 1 aliphatic rings. The molecular formula is C11H12N4S. The van der Waals surface area contributed by atoms with Gasteiger partial charge in [-0.25, -0.2) is 9.97 Å². The van der Waals surface area contributed by atoms with E-state index >= 15 is 0 Å². The third kappa shape index (κ3) is 1.62. The number of fused-ring (bicyclic) bond motifs is 1. The van der Waals surface area contributed by atoms with Gasteiger partial charge in [0, 0.05) is 18.4 Å². The molecule has 0 aromatic carbocycles. The third-order valence-electron chi connectivity index (χ3n) is 2.80. The number of aryl methyl sites for hydroxylation is 1. The van der Waals surface area contributed by atoms with E-state index in [4.69, 9.17) is 0 Å². The summed E-state index contributed by atoms with van der Waals surface area (Å²) in [5.41, 5.74) is 5.37. The zero-order valence-corrected chi connectivity index (χ0v) is 9.84. The monoisotopic (exact) mass is 232 g/mol. The second kappa shape index (κ2) is 3.92. The summed E-state index contributed by atoms with van der Waals surface area (Å²) in [4.78, 5) is 14.3. The van der Waals surface area contributed by atoms with Crippen LogP contribution in [0.3, 0.4) is 0 Å². The largest absolute Gasteiger partial charge is 0.311 e. The van der Waals surface area contributed by atoms with Crippen molar-refractivity contribution >= 4 is 11.3 Å². The van der Waals surface area contributed by atoms with Gasteiger partial charge in [0.2, 0.25) is 0 Å². The molecule has 5 heteroatoms. The van der Waals surface area contributed by atoms with Gasteiger partial charge in [0.1, 0.15) is 0 Å². The van der Waals surface area contributed by atoms with Crippen molar-refractivity contribution in [3.63, 3.8) is 0 Å². The van der Waals surface area contributed by atoms with Crippen LogP contribution in [-0.4, -0.2) is 21.5 Å². The van der Waals surface area contributed by atoms with E-state index in [9.17, 15) is 0 Å². The molecule has 0 bridgehead atoms. The van der Waals surface area contributed by atoms with E-state index in [1.165, 1.54) is 5.56 Å². The summed E-state index contributed by atoms with van der Waals surface area (Å²) < 4.78 is 0. The first-order valence-corrected chi connectivity index (χ1v) is 6.18. The number of hydrogen-bond acceptors (Lipinski definition) is 5. The van der Waals surface area contributed by atoms with Crippen LogP contribution in [-0.2, 0) is 13.0 Å². The predicted octanol–water partition coefficient (Wildman–Crippen LogP) is 1.55. The second-order valence-electron chi connectivity index (χ2n) is 3.85. The van der Waals surface area contributed by atoms with Crippen LogP contribution in [0.25, 0.3) is 10.7 Å². The summed E-state index contributed by atoms with van der Waals surface area (Å²) in [6.45, 7) is 3.94. The van der Waals surface area contributed by atoms with Crippen molar-refractivity contribution < 1.29 is 0 Å². The highest BCUT2D eigenvalue weighted by atomic mass is 32.1. The van der Waals surface area contributed by atoms with Crippen molar-refractivity contribution in [3.05, 3.63) is 28.7 Å². The summed E-state index contributed by atoms with van der Waals surface area (Å²) in [6.07, 6.45) is 2.85. The Labute approximate surface area is 97.8 Å². The van der Waals surface area contributed by atoms with E-state index in [0.717, 1.165) is 41.6 Å². The van der Waals surface area contributed by atoms with Gasteiger partial charge in [-0.15, -0.1) is 11.3 Å². The van der Waals surface area contributed by atoms with Crippen molar-refractivity contribution in [1.82, 2.24) is 20.3 Å². The van der Waals surface area contributed by atoms with Gasteiger partial charge in [-0.1, -0.05) is 0 Å². The highest BCUT2D eigenvalue weighted by molar-refractivity contribution is 7.13. The van der Waals surface area contributed by atoms with E-state index in [0.29, 0.717) is 0 Å². The van der Waals surface area contributed by atoms with Crippen LogP contribution in [0.5, 0.6) is 0 Å². The molecule has 2 aromatic rings. The van der Waals surface area contributed by atoms with Crippen LogP contribution in [0, 0.1) is 6.92 Å². The fraction of sp³-hybridized carbons (Fsp3) is 0.364. The highest BCUT2D eigenvalue weighted by Crippen LogP contribution is 2.23. The Morgan fingerprint density at radius 3 is 3.12 bits per heavy atom. The number of aromatic nitrogens is 3. The average molecular weight is 232 g/mol. The normalized spacial score (nSPS) is 14.8. The minimum atomic E-state index is 0.808. The summed E-state index contributed by atoms with van der Waals surface area (Å²) in [7, 11) is 0. The maximum Gasteiger partial charge on any atom is 0.171 e. The third-order valence-corrected chi connectivity index (χ3v) is 3.57. The van der Waals surface area contributed by atoms with E-state index in [-0.39, 0.29) is 0 Å². The molecule has 3 heterocycles. The van der Waals surface area contributed by atoms with Gasteiger partial charge in [-0.2, -0.15) is 0 Å². The smallest absolute Gasteiger partial charge is 0.171 e. The molecule has 0 aliphatic carbocycles. The van der Waals surface area contributed by atoms with Crippen molar-refractivity contribution in [2.45, 2.75) is 19.9 Å². The van der Waals surface area contributed by atoms with E-state index < -0.39 is 0 Å². The minimum absolute atomic E-state index is 0.808. The molecule has 0 fully saturated rings. The molecular weight excluding hydrogens is 220 g/mol. The lowest BCUT2D eigenvalue weighted by Crippen LogP contribution is -2.26. The minimum Gasteiger partial charge on any atom is -0.311 e. The van der Waals surface area contributed by atoms with Crippen LogP contribution in [0.15, 0.2) is 11.7 Å². The van der Waals surface area contributed by atoms with Crippen LogP contribution in [0.4, 0.5) is 0 Å². The van der Waals surface area contributed by atoms with Crippen molar-refractivity contribution in [3.8, 4) is 10.7 Å². The standard InChI is InChI=1S/C11H12N4S/c1-7-8-2-3-12-4-9(8)15-11(14-7)10-5-13-6-16-10/h5-6,12H,2-4H2,1H3. The Morgan fingerprint density at radius 1 is 1.38 bits per heavy atom. The molecule has 0 spiro atoms. The average Bonchev–Trinajstić information content (AvgIpc) is 2.82. The molecule has 1 N–H and O–H groups in total. The Kier molecular flexibility index (Phi) is 2.41. The number of nitrogens with zero attached hydrogens (tertiary/aromatic N) is 3. The van der Waals surface area contributed by atoms with Gasteiger partial charge in [-0.05, 0) is 25.5 Å². The summed E-state index contributed by atoms with van der Waals surface area (Å²) >= 11 is 1.58. The maximum atomic E-state index is 4.61. The maximum absolute atomic E-state index is 4.61. The molecule has 1 aliphatic heterocycles. The van der Waals surface area contributed by atoms with Crippen LogP contribution in [0.1, 0.15) is 17.0 Å². The molecule has 16 heavy (non-hydrogen) atoms. The molecule has 0 radical (unpaired) electrons. The van der Waals surface area contributed by atoms with Crippen LogP contribution >= 0.6 is 11.3 Å². The molecule has 0 saturated carbocycles. The molecule has 0 atom stereocenters. The van der Waals surface area contributed by atoms with Crippen molar-refractivity contribution in [2.24, 2.45) is 0 Å². The van der Waals surface area contributed by atoms with Gasteiger partial charge < -0.3 is 5.32 Å². The van der Waals surface area contributed by atoms with Crippen LogP contribution < -0.4 is 5.32 Å². The summed E-state index contributed by atoms with van der Waals surface area (Å²) in [6, 6.07) is 0. The zero-order valence-electron chi connectivity index (χ0n) is 9.03. The first-order chi connectivity index (χ1) is 7.84. The first kappa shape index (κ1) is 9.86.